The number of thioether (sulfide) groups is 1. The van der Waals surface area contributed by atoms with Crippen molar-refractivity contribution in [2.75, 3.05) is 51.4 Å². The lowest BCUT2D eigenvalue weighted by molar-refractivity contribution is -0.0120. The van der Waals surface area contributed by atoms with E-state index in [1.807, 2.05) is 7.05 Å². The molecular formula is C14H26N4OS. The van der Waals surface area contributed by atoms with Gasteiger partial charge in [0.2, 0.25) is 0 Å². The molecule has 0 spiro atoms. The molecule has 3 fully saturated rings. The van der Waals surface area contributed by atoms with Crippen LogP contribution in [0.1, 0.15) is 19.3 Å². The summed E-state index contributed by atoms with van der Waals surface area (Å²) in [5.41, 5.74) is 0.287. The first-order valence-corrected chi connectivity index (χ1v) is 8.86. The van der Waals surface area contributed by atoms with E-state index in [0.717, 1.165) is 38.8 Å². The first-order chi connectivity index (χ1) is 9.82. The molecule has 0 aromatic rings. The van der Waals surface area contributed by atoms with Crippen LogP contribution in [0.2, 0.25) is 0 Å². The van der Waals surface area contributed by atoms with Gasteiger partial charge in [-0.1, -0.05) is 0 Å². The van der Waals surface area contributed by atoms with Crippen molar-refractivity contribution in [3.63, 3.8) is 0 Å². The van der Waals surface area contributed by atoms with Gasteiger partial charge < -0.3 is 15.4 Å². The zero-order valence-electron chi connectivity index (χ0n) is 12.4. The van der Waals surface area contributed by atoms with Gasteiger partial charge >= 0.3 is 0 Å². The first-order valence-electron chi connectivity index (χ1n) is 7.70. The molecule has 1 aliphatic carbocycles. The van der Waals surface area contributed by atoms with Crippen LogP contribution in [0.5, 0.6) is 0 Å². The van der Waals surface area contributed by atoms with Crippen molar-refractivity contribution >= 4 is 17.7 Å². The fourth-order valence-electron chi connectivity index (χ4n) is 3.00. The summed E-state index contributed by atoms with van der Waals surface area (Å²) in [6.07, 6.45) is 3.83. The molecule has 0 aromatic heterocycles. The number of aliphatic imine (C=N–C) groups is 1. The molecule has 2 N–H and O–H groups in total. The second kappa shape index (κ2) is 6.54. The molecule has 2 saturated heterocycles. The van der Waals surface area contributed by atoms with Crippen LogP contribution in [0.3, 0.4) is 0 Å². The molecule has 1 unspecified atom stereocenters. The fraction of sp³-hybridized carbons (Fsp3) is 0.929. The number of nitrogens with one attached hydrogen (secondary N) is 2. The number of nitrogens with zero attached hydrogens (tertiary/aromatic N) is 2. The van der Waals surface area contributed by atoms with E-state index in [0.29, 0.717) is 6.04 Å². The van der Waals surface area contributed by atoms with Crippen molar-refractivity contribution in [1.29, 1.82) is 0 Å². The van der Waals surface area contributed by atoms with Gasteiger partial charge in [0.25, 0.3) is 0 Å². The van der Waals surface area contributed by atoms with Gasteiger partial charge in [-0.25, -0.2) is 0 Å². The summed E-state index contributed by atoms with van der Waals surface area (Å²) < 4.78 is 5.51. The molecule has 2 heterocycles. The van der Waals surface area contributed by atoms with E-state index in [1.54, 1.807) is 0 Å². The van der Waals surface area contributed by atoms with E-state index in [9.17, 15) is 0 Å². The molecule has 0 bridgehead atoms. The molecule has 20 heavy (non-hydrogen) atoms. The number of guanidine groups is 1. The number of ether oxygens (including phenoxy) is 1. The van der Waals surface area contributed by atoms with Crippen LogP contribution in [-0.4, -0.2) is 73.8 Å². The van der Waals surface area contributed by atoms with E-state index < -0.39 is 0 Å². The second-order valence-electron chi connectivity index (χ2n) is 5.97. The third-order valence-corrected chi connectivity index (χ3v) is 5.73. The Balaban J connectivity index is 1.58. The third kappa shape index (κ3) is 3.40. The Bertz CT molecular complexity index is 347. The summed E-state index contributed by atoms with van der Waals surface area (Å²) in [4.78, 5) is 6.98. The van der Waals surface area contributed by atoms with Gasteiger partial charge in [-0.15, -0.1) is 0 Å². The monoisotopic (exact) mass is 298 g/mol. The van der Waals surface area contributed by atoms with Crippen molar-refractivity contribution in [3.8, 4) is 0 Å². The molecule has 5 nitrogen and oxygen atoms in total. The highest BCUT2D eigenvalue weighted by Gasteiger charge is 2.40. The molecule has 2 aliphatic heterocycles. The minimum atomic E-state index is 0.287. The lowest BCUT2D eigenvalue weighted by Gasteiger charge is -2.43. The first kappa shape index (κ1) is 14.5. The molecule has 114 valence electrons. The number of hydrogen-bond acceptors (Lipinski definition) is 4. The Morgan fingerprint density at radius 3 is 2.80 bits per heavy atom. The number of morpholine rings is 1. The van der Waals surface area contributed by atoms with Crippen LogP contribution >= 0.6 is 11.8 Å². The van der Waals surface area contributed by atoms with Gasteiger partial charge in [0, 0.05) is 44.0 Å². The van der Waals surface area contributed by atoms with Crippen molar-refractivity contribution in [2.45, 2.75) is 30.8 Å². The van der Waals surface area contributed by atoms with E-state index >= 15 is 0 Å². The quantitative estimate of drug-likeness (QED) is 0.585. The van der Waals surface area contributed by atoms with Gasteiger partial charge in [-0.2, -0.15) is 11.8 Å². The summed E-state index contributed by atoms with van der Waals surface area (Å²) in [6.45, 7) is 4.88. The number of hydrogen-bond donors (Lipinski definition) is 2. The Labute approximate surface area is 125 Å². The highest BCUT2D eigenvalue weighted by molar-refractivity contribution is 7.99. The molecule has 0 radical (unpaired) electrons. The van der Waals surface area contributed by atoms with Crippen LogP contribution in [-0.2, 0) is 4.74 Å². The summed E-state index contributed by atoms with van der Waals surface area (Å²) >= 11 is 2.08. The van der Waals surface area contributed by atoms with Crippen LogP contribution in [0.25, 0.3) is 0 Å². The minimum Gasteiger partial charge on any atom is -0.379 e. The van der Waals surface area contributed by atoms with Crippen molar-refractivity contribution in [3.05, 3.63) is 0 Å². The van der Waals surface area contributed by atoms with E-state index in [1.165, 1.54) is 30.8 Å². The largest absolute Gasteiger partial charge is 0.379 e. The molecule has 3 rings (SSSR count). The van der Waals surface area contributed by atoms with Crippen LogP contribution in [0.15, 0.2) is 4.99 Å². The van der Waals surface area contributed by atoms with Gasteiger partial charge in [-0.3, -0.25) is 9.89 Å². The lowest BCUT2D eigenvalue weighted by Crippen LogP contribution is -2.60. The van der Waals surface area contributed by atoms with Crippen LogP contribution in [0.4, 0.5) is 0 Å². The zero-order valence-corrected chi connectivity index (χ0v) is 13.2. The smallest absolute Gasteiger partial charge is 0.191 e. The molecule has 6 heteroatoms. The third-order valence-electron chi connectivity index (χ3n) is 4.49. The Morgan fingerprint density at radius 2 is 2.20 bits per heavy atom. The molecule has 3 aliphatic rings. The SMILES string of the molecule is CN=C(NCC1(N2CCOCC2)CCSC1)NC1CC1. The molecule has 0 amide bonds. The predicted molar refractivity (Wildman–Crippen MR) is 84.6 cm³/mol. The van der Waals surface area contributed by atoms with Gasteiger partial charge in [-0.05, 0) is 25.0 Å². The van der Waals surface area contributed by atoms with Crippen molar-refractivity contribution in [1.82, 2.24) is 15.5 Å². The maximum absolute atomic E-state index is 5.51. The van der Waals surface area contributed by atoms with Crippen LogP contribution in [0, 0.1) is 0 Å². The minimum absolute atomic E-state index is 0.287. The molecular weight excluding hydrogens is 272 g/mol. The molecule has 1 saturated carbocycles. The summed E-state index contributed by atoms with van der Waals surface area (Å²) in [5, 5.41) is 7.04. The second-order valence-corrected chi connectivity index (χ2v) is 7.08. The maximum Gasteiger partial charge on any atom is 0.191 e. The number of rotatable bonds is 4. The fourth-order valence-corrected chi connectivity index (χ4v) is 4.48. The predicted octanol–water partition coefficient (Wildman–Crippen LogP) is 0.522. The molecule has 0 aromatic carbocycles. The highest BCUT2D eigenvalue weighted by atomic mass is 32.2. The van der Waals surface area contributed by atoms with Gasteiger partial charge in [0.1, 0.15) is 0 Å². The van der Waals surface area contributed by atoms with Gasteiger partial charge in [0.05, 0.1) is 13.2 Å². The zero-order chi connectivity index (χ0) is 13.8. The lowest BCUT2D eigenvalue weighted by atomic mass is 9.95. The van der Waals surface area contributed by atoms with E-state index in [4.69, 9.17) is 4.74 Å². The van der Waals surface area contributed by atoms with Gasteiger partial charge in [0.15, 0.2) is 5.96 Å². The summed E-state index contributed by atoms with van der Waals surface area (Å²) in [5.74, 6) is 3.46. The standard InChI is InChI=1S/C14H26N4OS/c1-15-13(17-12-2-3-12)16-10-14(4-9-20-11-14)18-5-7-19-8-6-18/h12H,2-11H2,1H3,(H2,15,16,17). The molecule has 1 atom stereocenters. The average molecular weight is 298 g/mol. The van der Waals surface area contributed by atoms with E-state index in [-0.39, 0.29) is 5.54 Å². The van der Waals surface area contributed by atoms with E-state index in [2.05, 4.69) is 32.3 Å². The van der Waals surface area contributed by atoms with Crippen LogP contribution < -0.4 is 10.6 Å². The summed E-state index contributed by atoms with van der Waals surface area (Å²) in [6, 6.07) is 0.651. The van der Waals surface area contributed by atoms with Crippen molar-refractivity contribution in [2.24, 2.45) is 4.99 Å². The average Bonchev–Trinajstić information content (AvgIpc) is 3.19. The van der Waals surface area contributed by atoms with Crippen molar-refractivity contribution < 1.29 is 4.74 Å². The highest BCUT2D eigenvalue weighted by Crippen LogP contribution is 2.33. The maximum atomic E-state index is 5.51. The Kier molecular flexibility index (Phi) is 4.73. The Hall–Kier alpha value is -0.460. The summed E-state index contributed by atoms with van der Waals surface area (Å²) in [7, 11) is 1.86. The topological polar surface area (TPSA) is 48.9 Å². The normalized spacial score (nSPS) is 32.4. The Morgan fingerprint density at radius 1 is 1.40 bits per heavy atom.